The van der Waals surface area contributed by atoms with Crippen LogP contribution in [0.4, 0.5) is 10.5 Å². The van der Waals surface area contributed by atoms with Crippen LogP contribution < -0.4 is 15.4 Å². The van der Waals surface area contributed by atoms with E-state index in [4.69, 9.17) is 9.47 Å². The molecule has 0 aliphatic carbocycles. The quantitative estimate of drug-likeness (QED) is 0.158. The third kappa shape index (κ3) is 8.72. The van der Waals surface area contributed by atoms with Crippen LogP contribution >= 0.6 is 15.9 Å². The normalized spacial score (nSPS) is 17.0. The molecule has 0 saturated carbocycles. The molecule has 0 aromatic heterocycles. The molecule has 45 heavy (non-hydrogen) atoms. The Morgan fingerprint density at radius 1 is 0.911 bits per heavy atom. The Morgan fingerprint density at radius 3 is 2.16 bits per heavy atom. The number of morpholine rings is 1. The van der Waals surface area contributed by atoms with Crippen LogP contribution in [0, 0.1) is 0 Å². The minimum absolute atomic E-state index is 0.0209. The second kappa shape index (κ2) is 15.7. The molecule has 9 heteroatoms. The lowest BCUT2D eigenvalue weighted by atomic mass is 9.84. The van der Waals surface area contributed by atoms with Crippen molar-refractivity contribution in [3.05, 3.63) is 130 Å². The fraction of sp³-hybridized carbons (Fsp3) is 0.278. The molecule has 8 nitrogen and oxygen atoms in total. The minimum Gasteiger partial charge on any atom is -0.491 e. The molecule has 1 aliphatic heterocycles. The van der Waals surface area contributed by atoms with Gasteiger partial charge in [-0.05, 0) is 59.9 Å². The van der Waals surface area contributed by atoms with Crippen LogP contribution in [-0.2, 0) is 16.0 Å². The number of carboxylic acid groups (broad SMARTS) is 1. The Morgan fingerprint density at radius 2 is 1.51 bits per heavy atom. The molecule has 4 aromatic carbocycles. The smallest absolute Gasteiger partial charge is 0.407 e. The maximum atomic E-state index is 14.1. The lowest BCUT2D eigenvalue weighted by molar-refractivity contribution is -0.120. The summed E-state index contributed by atoms with van der Waals surface area (Å²) in [6.07, 6.45) is 0.128. The Kier molecular flexibility index (Phi) is 11.2. The number of nitrogens with zero attached hydrogens (tertiary/aromatic N) is 1. The lowest BCUT2D eigenvalue weighted by Crippen LogP contribution is -2.48. The van der Waals surface area contributed by atoms with E-state index in [1.807, 2.05) is 109 Å². The van der Waals surface area contributed by atoms with Gasteiger partial charge in [0, 0.05) is 36.2 Å². The number of nitrogens with one attached hydrogen (secondary N) is 2. The van der Waals surface area contributed by atoms with Gasteiger partial charge in [0.15, 0.2) is 0 Å². The number of hydrogen-bond acceptors (Lipinski definition) is 5. The van der Waals surface area contributed by atoms with Crippen LogP contribution in [0.1, 0.15) is 29.0 Å². The molecule has 0 radical (unpaired) electrons. The first-order chi connectivity index (χ1) is 21.9. The van der Waals surface area contributed by atoms with Gasteiger partial charge in [0.25, 0.3) is 0 Å². The molecule has 1 heterocycles. The van der Waals surface area contributed by atoms with Gasteiger partial charge >= 0.3 is 6.09 Å². The number of halogens is 1. The molecule has 3 atom stereocenters. The molecule has 5 rings (SSSR count). The maximum Gasteiger partial charge on any atom is 0.407 e. The number of para-hydroxylation sites is 1. The van der Waals surface area contributed by atoms with Gasteiger partial charge in [-0.3, -0.25) is 9.69 Å². The average Bonchev–Trinajstić information content (AvgIpc) is 3.07. The SMILES string of the molecule is CN(C(=O)O)[C@H](C(=O)Nc1ccccc1CC[C@@H]1CNC[C@@H](COc2ccc(Br)cc2)O1)C(c1ccccc1)c1ccccc1. The van der Waals surface area contributed by atoms with E-state index in [0.29, 0.717) is 25.3 Å². The number of amides is 2. The number of rotatable bonds is 12. The van der Waals surface area contributed by atoms with Gasteiger partial charge in [0.05, 0.1) is 6.10 Å². The van der Waals surface area contributed by atoms with Crippen molar-refractivity contribution >= 4 is 33.6 Å². The molecule has 1 aliphatic rings. The third-order valence-corrected chi connectivity index (χ3v) is 8.54. The average molecular weight is 673 g/mol. The molecule has 1 fully saturated rings. The van der Waals surface area contributed by atoms with Crippen molar-refractivity contribution in [2.24, 2.45) is 0 Å². The highest BCUT2D eigenvalue weighted by Gasteiger charge is 2.37. The molecule has 3 N–H and O–H groups in total. The summed E-state index contributed by atoms with van der Waals surface area (Å²) < 4.78 is 13.3. The summed E-state index contributed by atoms with van der Waals surface area (Å²) in [6, 6.07) is 33.5. The first-order valence-electron chi connectivity index (χ1n) is 15.1. The third-order valence-electron chi connectivity index (χ3n) is 8.01. The van der Waals surface area contributed by atoms with E-state index in [1.165, 1.54) is 7.05 Å². The van der Waals surface area contributed by atoms with Crippen molar-refractivity contribution in [2.75, 3.05) is 32.1 Å². The summed E-state index contributed by atoms with van der Waals surface area (Å²) >= 11 is 3.44. The van der Waals surface area contributed by atoms with Gasteiger partial charge < -0.3 is 25.2 Å². The zero-order valence-electron chi connectivity index (χ0n) is 25.1. The first-order valence-corrected chi connectivity index (χ1v) is 15.9. The van der Waals surface area contributed by atoms with Crippen molar-refractivity contribution in [2.45, 2.75) is 37.0 Å². The molecule has 0 spiro atoms. The molecule has 1 saturated heterocycles. The summed E-state index contributed by atoms with van der Waals surface area (Å²) in [6.45, 7) is 1.88. The minimum atomic E-state index is -1.18. The van der Waals surface area contributed by atoms with Crippen molar-refractivity contribution in [3.8, 4) is 5.75 Å². The number of hydrogen-bond donors (Lipinski definition) is 3. The van der Waals surface area contributed by atoms with Crippen molar-refractivity contribution < 1.29 is 24.2 Å². The molecule has 4 aromatic rings. The van der Waals surface area contributed by atoms with E-state index in [0.717, 1.165) is 44.8 Å². The maximum absolute atomic E-state index is 14.1. The van der Waals surface area contributed by atoms with Crippen LogP contribution in [0.15, 0.2) is 114 Å². The number of benzene rings is 4. The van der Waals surface area contributed by atoms with E-state index >= 15 is 0 Å². The predicted molar refractivity (Wildman–Crippen MR) is 179 cm³/mol. The Bertz CT molecular complexity index is 1500. The van der Waals surface area contributed by atoms with E-state index in [9.17, 15) is 14.7 Å². The van der Waals surface area contributed by atoms with E-state index in [-0.39, 0.29) is 12.2 Å². The molecule has 234 valence electrons. The number of aryl methyl sites for hydroxylation is 1. The fourth-order valence-electron chi connectivity index (χ4n) is 5.69. The molecule has 0 bridgehead atoms. The Balaban J connectivity index is 1.28. The first kappa shape index (κ1) is 32.2. The lowest BCUT2D eigenvalue weighted by Gasteiger charge is -2.33. The zero-order chi connectivity index (χ0) is 31.6. The van der Waals surface area contributed by atoms with Crippen molar-refractivity contribution in [1.82, 2.24) is 10.2 Å². The van der Waals surface area contributed by atoms with Gasteiger partial charge in [-0.2, -0.15) is 0 Å². The molecular weight excluding hydrogens is 634 g/mol. The molecule has 0 unspecified atom stereocenters. The second-order valence-electron chi connectivity index (χ2n) is 11.1. The fourth-order valence-corrected chi connectivity index (χ4v) is 5.96. The van der Waals surface area contributed by atoms with Gasteiger partial charge in [0.1, 0.15) is 24.5 Å². The topological polar surface area (TPSA) is 100 Å². The van der Waals surface area contributed by atoms with E-state index < -0.39 is 24.0 Å². The van der Waals surface area contributed by atoms with E-state index in [1.54, 1.807) is 0 Å². The highest BCUT2D eigenvalue weighted by atomic mass is 79.9. The van der Waals surface area contributed by atoms with Gasteiger partial charge in [-0.15, -0.1) is 0 Å². The largest absolute Gasteiger partial charge is 0.491 e. The monoisotopic (exact) mass is 671 g/mol. The Hall–Kier alpha value is -4.18. The Labute approximate surface area is 272 Å². The van der Waals surface area contributed by atoms with Crippen molar-refractivity contribution in [1.29, 1.82) is 0 Å². The van der Waals surface area contributed by atoms with Crippen LogP contribution in [0.2, 0.25) is 0 Å². The van der Waals surface area contributed by atoms with E-state index in [2.05, 4.69) is 26.6 Å². The second-order valence-corrected chi connectivity index (χ2v) is 12.0. The van der Waals surface area contributed by atoms with Gasteiger partial charge in [-0.1, -0.05) is 94.8 Å². The number of carbonyl (C=O) groups is 2. The zero-order valence-corrected chi connectivity index (χ0v) is 26.7. The molecule has 2 amide bonds. The van der Waals surface area contributed by atoms with Gasteiger partial charge in [0.2, 0.25) is 5.91 Å². The number of anilines is 1. The summed E-state index contributed by atoms with van der Waals surface area (Å²) in [4.78, 5) is 27.5. The highest BCUT2D eigenvalue weighted by molar-refractivity contribution is 9.10. The standard InChI is InChI=1S/C36H38BrN3O5/c1-40(36(42)43)34(33(26-11-4-2-5-12-26)27-13-6-3-7-14-27)35(41)39-32-15-9-8-10-25(32)16-19-30-22-38-23-31(45-30)24-44-29-20-17-28(37)18-21-29/h2-15,17-18,20-21,30-31,33-34,38H,16,19,22-24H2,1H3,(H,39,41)(H,42,43)/t30-,31+,34+/m1/s1. The number of carbonyl (C=O) groups excluding carboxylic acids is 1. The van der Waals surface area contributed by atoms with Crippen LogP contribution in [0.3, 0.4) is 0 Å². The molecular formula is C36H38BrN3O5. The summed E-state index contributed by atoms with van der Waals surface area (Å²) in [7, 11) is 1.45. The number of likely N-dealkylation sites (N-methyl/N-ethyl adjacent to an activating group) is 1. The highest BCUT2D eigenvalue weighted by Crippen LogP contribution is 2.32. The summed E-state index contributed by atoms with van der Waals surface area (Å²) in [5.74, 6) is -0.119. The van der Waals surface area contributed by atoms with Gasteiger partial charge in [-0.25, -0.2) is 4.79 Å². The van der Waals surface area contributed by atoms with Crippen molar-refractivity contribution in [3.63, 3.8) is 0 Å². The van der Waals surface area contributed by atoms with Crippen LogP contribution in [0.5, 0.6) is 5.75 Å². The van der Waals surface area contributed by atoms with Crippen LogP contribution in [0.25, 0.3) is 0 Å². The van der Waals surface area contributed by atoms with Crippen LogP contribution in [-0.4, -0.2) is 67.0 Å². The summed E-state index contributed by atoms with van der Waals surface area (Å²) in [5, 5.41) is 16.6. The predicted octanol–water partition coefficient (Wildman–Crippen LogP) is 6.57. The number of ether oxygens (including phenoxy) is 2. The summed E-state index contributed by atoms with van der Waals surface area (Å²) in [5.41, 5.74) is 3.32.